The summed E-state index contributed by atoms with van der Waals surface area (Å²) >= 11 is 1.77. The van der Waals surface area contributed by atoms with Crippen LogP contribution >= 0.6 is 11.3 Å². The Kier molecular flexibility index (Phi) is 8.15. The summed E-state index contributed by atoms with van der Waals surface area (Å²) in [7, 11) is 3.58. The number of benzene rings is 1. The van der Waals surface area contributed by atoms with E-state index in [0.29, 0.717) is 25.4 Å². The molecule has 0 fully saturated rings. The Hall–Kier alpha value is -2.34. The normalized spacial score (nSPS) is 12.5. The maximum atomic E-state index is 12.3. The molecule has 0 spiro atoms. The Labute approximate surface area is 160 Å². The molecule has 2 aromatic rings. The zero-order valence-corrected chi connectivity index (χ0v) is 16.6. The first kappa shape index (κ1) is 20.0. The summed E-state index contributed by atoms with van der Waals surface area (Å²) in [4.78, 5) is 19.6. The minimum absolute atomic E-state index is 0.115. The van der Waals surface area contributed by atoms with Crippen LogP contribution in [0.3, 0.4) is 0 Å². The van der Waals surface area contributed by atoms with Crippen molar-refractivity contribution >= 4 is 23.2 Å². The summed E-state index contributed by atoms with van der Waals surface area (Å²) in [6.45, 7) is 4.19. The molecule has 6 heteroatoms. The van der Waals surface area contributed by atoms with Crippen molar-refractivity contribution < 1.29 is 4.79 Å². The van der Waals surface area contributed by atoms with Gasteiger partial charge in [0.25, 0.3) is 0 Å². The third-order valence-electron chi connectivity index (χ3n) is 4.15. The van der Waals surface area contributed by atoms with Crippen molar-refractivity contribution in [2.24, 2.45) is 4.99 Å². The third-order valence-corrected chi connectivity index (χ3v) is 5.25. The zero-order valence-electron chi connectivity index (χ0n) is 15.7. The number of nitrogens with one attached hydrogen (secondary N) is 2. The van der Waals surface area contributed by atoms with Gasteiger partial charge in [0.15, 0.2) is 5.96 Å². The van der Waals surface area contributed by atoms with Crippen LogP contribution in [0.1, 0.15) is 29.7 Å². The third kappa shape index (κ3) is 6.52. The number of carbonyl (C=O) groups excluding carboxylic acids is 1. The van der Waals surface area contributed by atoms with Gasteiger partial charge in [0.2, 0.25) is 5.91 Å². The fourth-order valence-corrected chi connectivity index (χ4v) is 3.35. The number of carbonyl (C=O) groups is 1. The van der Waals surface area contributed by atoms with Gasteiger partial charge >= 0.3 is 0 Å². The minimum Gasteiger partial charge on any atom is -0.356 e. The van der Waals surface area contributed by atoms with Crippen molar-refractivity contribution in [1.82, 2.24) is 15.5 Å². The number of hydrogen-bond acceptors (Lipinski definition) is 3. The molecule has 0 bridgehead atoms. The van der Waals surface area contributed by atoms with Crippen molar-refractivity contribution in [1.29, 1.82) is 0 Å². The fourth-order valence-electron chi connectivity index (χ4n) is 2.57. The van der Waals surface area contributed by atoms with Crippen LogP contribution < -0.4 is 10.6 Å². The quantitative estimate of drug-likeness (QED) is 0.553. The van der Waals surface area contributed by atoms with Gasteiger partial charge in [0.05, 0.1) is 0 Å². The Morgan fingerprint density at radius 2 is 1.96 bits per heavy atom. The molecule has 1 unspecified atom stereocenters. The van der Waals surface area contributed by atoms with Gasteiger partial charge in [-0.15, -0.1) is 11.3 Å². The Bertz CT molecular complexity index is 685. The summed E-state index contributed by atoms with van der Waals surface area (Å²) in [6.07, 6.45) is 0.435. The number of amides is 1. The standard InChI is InChI=1S/C20H28N4OS/c1-16(18-10-7-13-26-18)14-23-20(21-2)22-12-11-19(25)24(3)15-17-8-5-4-6-9-17/h4-10,13,16H,11-12,14-15H2,1-3H3,(H2,21,22,23). The predicted octanol–water partition coefficient (Wildman–Crippen LogP) is 3.07. The van der Waals surface area contributed by atoms with Crippen molar-refractivity contribution in [2.75, 3.05) is 27.2 Å². The second-order valence-electron chi connectivity index (χ2n) is 6.28. The molecular formula is C20H28N4OS. The van der Waals surface area contributed by atoms with Crippen molar-refractivity contribution in [3.05, 3.63) is 58.3 Å². The van der Waals surface area contributed by atoms with Crippen molar-refractivity contribution in [2.45, 2.75) is 25.8 Å². The SMILES string of the molecule is CN=C(NCCC(=O)N(C)Cc1ccccc1)NCC(C)c1cccs1. The van der Waals surface area contributed by atoms with E-state index in [1.807, 2.05) is 37.4 Å². The minimum atomic E-state index is 0.115. The fraction of sp³-hybridized carbons (Fsp3) is 0.400. The number of nitrogens with zero attached hydrogens (tertiary/aromatic N) is 2. The summed E-state index contributed by atoms with van der Waals surface area (Å²) < 4.78 is 0. The van der Waals surface area contributed by atoms with Gasteiger partial charge in [-0.1, -0.05) is 43.3 Å². The number of guanidine groups is 1. The zero-order chi connectivity index (χ0) is 18.8. The maximum absolute atomic E-state index is 12.3. The molecule has 1 aromatic heterocycles. The van der Waals surface area contributed by atoms with E-state index in [4.69, 9.17) is 0 Å². The first-order valence-electron chi connectivity index (χ1n) is 8.86. The molecule has 0 saturated heterocycles. The van der Waals surface area contributed by atoms with Crippen LogP contribution in [0.5, 0.6) is 0 Å². The van der Waals surface area contributed by atoms with Gasteiger partial charge < -0.3 is 15.5 Å². The van der Waals surface area contributed by atoms with E-state index in [2.05, 4.69) is 40.1 Å². The van der Waals surface area contributed by atoms with E-state index in [1.54, 1.807) is 23.3 Å². The van der Waals surface area contributed by atoms with Gasteiger partial charge in [-0.25, -0.2) is 0 Å². The molecule has 1 heterocycles. The summed E-state index contributed by atoms with van der Waals surface area (Å²) in [6, 6.07) is 14.2. The highest BCUT2D eigenvalue weighted by Gasteiger charge is 2.10. The number of thiophene rings is 1. The second kappa shape index (κ2) is 10.6. The molecule has 0 aliphatic heterocycles. The van der Waals surface area contributed by atoms with Gasteiger partial charge in [0.1, 0.15) is 0 Å². The highest BCUT2D eigenvalue weighted by molar-refractivity contribution is 7.10. The molecule has 26 heavy (non-hydrogen) atoms. The van der Waals surface area contributed by atoms with E-state index in [0.717, 1.165) is 18.1 Å². The summed E-state index contributed by atoms with van der Waals surface area (Å²) in [5.41, 5.74) is 1.14. The molecule has 0 saturated carbocycles. The lowest BCUT2D eigenvalue weighted by Crippen LogP contribution is -2.40. The summed E-state index contributed by atoms with van der Waals surface area (Å²) in [5.74, 6) is 1.27. The average molecular weight is 373 g/mol. The van der Waals surface area contributed by atoms with Crippen LogP contribution in [0.2, 0.25) is 0 Å². The molecule has 2 rings (SSSR count). The molecule has 1 amide bonds. The van der Waals surface area contributed by atoms with Gasteiger partial charge in [-0.05, 0) is 17.0 Å². The van der Waals surface area contributed by atoms with E-state index in [1.165, 1.54) is 4.88 Å². The summed E-state index contributed by atoms with van der Waals surface area (Å²) in [5, 5.41) is 8.63. The Morgan fingerprint density at radius 3 is 2.62 bits per heavy atom. The van der Waals surface area contributed by atoms with Crippen LogP contribution in [-0.4, -0.2) is 44.0 Å². The lowest BCUT2D eigenvalue weighted by atomic mass is 10.1. The molecular weight excluding hydrogens is 344 g/mol. The second-order valence-corrected chi connectivity index (χ2v) is 7.26. The molecule has 0 aliphatic carbocycles. The molecule has 1 aromatic carbocycles. The molecule has 0 radical (unpaired) electrons. The predicted molar refractivity (Wildman–Crippen MR) is 110 cm³/mol. The highest BCUT2D eigenvalue weighted by Crippen LogP contribution is 2.19. The van der Waals surface area contributed by atoms with Crippen molar-refractivity contribution in [3.63, 3.8) is 0 Å². The first-order valence-corrected chi connectivity index (χ1v) is 9.74. The van der Waals surface area contributed by atoms with Gasteiger partial charge in [0, 0.05) is 50.9 Å². The van der Waals surface area contributed by atoms with Crippen LogP contribution in [0, 0.1) is 0 Å². The highest BCUT2D eigenvalue weighted by atomic mass is 32.1. The number of hydrogen-bond donors (Lipinski definition) is 2. The monoisotopic (exact) mass is 372 g/mol. The Morgan fingerprint density at radius 1 is 1.19 bits per heavy atom. The van der Waals surface area contributed by atoms with Gasteiger partial charge in [-0.3, -0.25) is 9.79 Å². The molecule has 5 nitrogen and oxygen atoms in total. The number of rotatable bonds is 8. The largest absolute Gasteiger partial charge is 0.356 e. The molecule has 140 valence electrons. The molecule has 2 N–H and O–H groups in total. The lowest BCUT2D eigenvalue weighted by Gasteiger charge is -2.18. The van der Waals surface area contributed by atoms with Crippen LogP contribution in [0.4, 0.5) is 0 Å². The lowest BCUT2D eigenvalue weighted by molar-refractivity contribution is -0.130. The van der Waals surface area contributed by atoms with E-state index in [-0.39, 0.29) is 5.91 Å². The molecule has 0 aliphatic rings. The van der Waals surface area contributed by atoms with Crippen molar-refractivity contribution in [3.8, 4) is 0 Å². The number of aliphatic imine (C=N–C) groups is 1. The first-order chi connectivity index (χ1) is 12.6. The average Bonchev–Trinajstić information content (AvgIpc) is 3.19. The smallest absolute Gasteiger partial charge is 0.224 e. The Balaban J connectivity index is 1.68. The van der Waals surface area contributed by atoms with Gasteiger partial charge in [-0.2, -0.15) is 0 Å². The topological polar surface area (TPSA) is 56.7 Å². The molecule has 1 atom stereocenters. The van der Waals surface area contributed by atoms with E-state index in [9.17, 15) is 4.79 Å². The van der Waals surface area contributed by atoms with E-state index < -0.39 is 0 Å². The van der Waals surface area contributed by atoms with Crippen LogP contribution in [-0.2, 0) is 11.3 Å². The maximum Gasteiger partial charge on any atom is 0.224 e. The van der Waals surface area contributed by atoms with Crippen LogP contribution in [0.25, 0.3) is 0 Å². The van der Waals surface area contributed by atoms with E-state index >= 15 is 0 Å². The van der Waals surface area contributed by atoms with Crippen LogP contribution in [0.15, 0.2) is 52.8 Å².